The molecule has 41 heavy (non-hydrogen) atoms. The molecule has 1 aromatic heterocycles. The maximum absolute atomic E-state index is 12.5. The number of ether oxygens (including phenoxy) is 1. The summed E-state index contributed by atoms with van der Waals surface area (Å²) in [4.78, 5) is 41.0. The van der Waals surface area contributed by atoms with E-state index in [-0.39, 0.29) is 36.0 Å². The lowest BCUT2D eigenvalue weighted by molar-refractivity contribution is -0.134. The van der Waals surface area contributed by atoms with Gasteiger partial charge in [0.05, 0.1) is 17.1 Å². The van der Waals surface area contributed by atoms with E-state index in [1.54, 1.807) is 0 Å². The molecule has 1 saturated carbocycles. The van der Waals surface area contributed by atoms with E-state index in [4.69, 9.17) is 15.6 Å². The third-order valence-electron chi connectivity index (χ3n) is 9.91. The van der Waals surface area contributed by atoms with E-state index in [2.05, 4.69) is 28.4 Å². The predicted octanol–water partition coefficient (Wildman–Crippen LogP) is 3.39. The second kappa shape index (κ2) is 12.1. The van der Waals surface area contributed by atoms with Crippen LogP contribution in [0, 0.1) is 5.92 Å². The average molecular weight is 565 g/mol. The molecular formula is C31H44N6O4. The van der Waals surface area contributed by atoms with Gasteiger partial charge in [0.25, 0.3) is 0 Å². The molecule has 1 aliphatic carbocycles. The quantitative estimate of drug-likeness (QED) is 0.534. The number of nitrogens with two attached hydrogens (primary N) is 1. The standard InChI is InChI=1S/C31H44N6O4/c1-35-27-18-22(4-7-25(27)29(34-35)26-8-9-28(38)33-30(26)39)21-10-14-36(15-11-21)19-20-2-5-24(6-3-20)41-31(40)37-16-12-23(32)13-17-37/h4,7,18,20-21,23-24,26H,2-3,5-6,8-17,19,32H2,1H3,(H,33,38,39). The van der Waals surface area contributed by atoms with Gasteiger partial charge in [-0.3, -0.25) is 19.6 Å². The molecule has 10 nitrogen and oxygen atoms in total. The fraction of sp³-hybridized carbons (Fsp3) is 0.677. The number of piperidine rings is 3. The predicted molar refractivity (Wildman–Crippen MR) is 155 cm³/mol. The third-order valence-corrected chi connectivity index (χ3v) is 9.91. The summed E-state index contributed by atoms with van der Waals surface area (Å²) in [6.45, 7) is 4.76. The maximum atomic E-state index is 12.5. The molecule has 10 heteroatoms. The molecule has 3 aliphatic heterocycles. The first-order valence-electron chi connectivity index (χ1n) is 15.6. The minimum atomic E-state index is -0.373. The second-order valence-electron chi connectivity index (χ2n) is 12.7. The molecule has 6 rings (SSSR count). The molecule has 3 saturated heterocycles. The summed E-state index contributed by atoms with van der Waals surface area (Å²) in [5.74, 6) is 0.375. The Morgan fingerprint density at radius 1 is 1.00 bits per heavy atom. The first-order chi connectivity index (χ1) is 19.8. The SMILES string of the molecule is Cn1nc(C2CCC(=O)NC2=O)c2ccc(C3CCN(CC4CCC(OC(=O)N5CCC(N)CC5)CC4)CC3)cc21. The molecule has 1 aromatic carbocycles. The summed E-state index contributed by atoms with van der Waals surface area (Å²) in [5, 5.41) is 8.17. The number of hydrogen-bond donors (Lipinski definition) is 2. The van der Waals surface area contributed by atoms with Crippen LogP contribution in [0.5, 0.6) is 0 Å². The Morgan fingerprint density at radius 2 is 1.73 bits per heavy atom. The highest BCUT2D eigenvalue weighted by atomic mass is 16.6. The van der Waals surface area contributed by atoms with Gasteiger partial charge in [0, 0.05) is 44.5 Å². The molecule has 4 aliphatic rings. The van der Waals surface area contributed by atoms with Crippen molar-refractivity contribution < 1.29 is 19.1 Å². The first kappa shape index (κ1) is 28.2. The average Bonchev–Trinajstić information content (AvgIpc) is 3.30. The zero-order chi connectivity index (χ0) is 28.5. The molecule has 222 valence electrons. The molecule has 0 spiro atoms. The van der Waals surface area contributed by atoms with E-state index in [9.17, 15) is 14.4 Å². The minimum absolute atomic E-state index is 0.0533. The van der Waals surface area contributed by atoms with Gasteiger partial charge in [0.1, 0.15) is 6.10 Å². The number of carbonyl (C=O) groups is 3. The van der Waals surface area contributed by atoms with Gasteiger partial charge in [-0.1, -0.05) is 12.1 Å². The van der Waals surface area contributed by atoms with Gasteiger partial charge in [0.2, 0.25) is 11.8 Å². The van der Waals surface area contributed by atoms with Crippen molar-refractivity contribution in [2.75, 3.05) is 32.7 Å². The van der Waals surface area contributed by atoms with Crippen molar-refractivity contribution in [1.82, 2.24) is 24.9 Å². The van der Waals surface area contributed by atoms with Crippen molar-refractivity contribution >= 4 is 28.8 Å². The van der Waals surface area contributed by atoms with Gasteiger partial charge in [-0.05, 0) is 94.3 Å². The van der Waals surface area contributed by atoms with Gasteiger partial charge in [-0.2, -0.15) is 5.10 Å². The number of nitrogens with zero attached hydrogens (tertiary/aromatic N) is 4. The van der Waals surface area contributed by atoms with Gasteiger partial charge < -0.3 is 20.3 Å². The van der Waals surface area contributed by atoms with Crippen LogP contribution in [0.15, 0.2) is 18.2 Å². The van der Waals surface area contributed by atoms with Crippen LogP contribution in [0.3, 0.4) is 0 Å². The lowest BCUT2D eigenvalue weighted by atomic mass is 9.85. The molecule has 4 fully saturated rings. The van der Waals surface area contributed by atoms with E-state index >= 15 is 0 Å². The number of imide groups is 1. The summed E-state index contributed by atoms with van der Waals surface area (Å²) in [7, 11) is 1.93. The number of aryl methyl sites for hydroxylation is 1. The van der Waals surface area contributed by atoms with Crippen LogP contribution in [-0.2, 0) is 21.4 Å². The molecule has 1 atom stereocenters. The number of amides is 3. The Hall–Kier alpha value is -2.98. The van der Waals surface area contributed by atoms with E-state index < -0.39 is 0 Å². The number of aromatic nitrogens is 2. The molecular weight excluding hydrogens is 520 g/mol. The van der Waals surface area contributed by atoms with Crippen LogP contribution in [-0.4, -0.2) is 82.4 Å². The number of nitrogens with one attached hydrogen (secondary N) is 1. The van der Waals surface area contributed by atoms with Crippen molar-refractivity contribution in [3.8, 4) is 0 Å². The first-order valence-corrected chi connectivity index (χ1v) is 15.6. The van der Waals surface area contributed by atoms with Crippen molar-refractivity contribution in [1.29, 1.82) is 0 Å². The number of rotatable bonds is 5. The minimum Gasteiger partial charge on any atom is -0.446 e. The van der Waals surface area contributed by atoms with Crippen molar-refractivity contribution in [3.05, 3.63) is 29.5 Å². The zero-order valence-corrected chi connectivity index (χ0v) is 24.2. The fourth-order valence-corrected chi connectivity index (χ4v) is 7.31. The number of carbonyl (C=O) groups excluding carboxylic acids is 3. The van der Waals surface area contributed by atoms with Crippen molar-refractivity contribution in [2.24, 2.45) is 18.7 Å². The number of hydrogen-bond acceptors (Lipinski definition) is 7. The third kappa shape index (κ3) is 6.28. The summed E-state index contributed by atoms with van der Waals surface area (Å²) < 4.78 is 7.72. The van der Waals surface area contributed by atoms with E-state index in [0.29, 0.717) is 37.8 Å². The topological polar surface area (TPSA) is 123 Å². The van der Waals surface area contributed by atoms with Crippen LogP contribution >= 0.6 is 0 Å². The van der Waals surface area contributed by atoms with Gasteiger partial charge in [0.15, 0.2) is 0 Å². The van der Waals surface area contributed by atoms with Crippen molar-refractivity contribution in [3.63, 3.8) is 0 Å². The zero-order valence-electron chi connectivity index (χ0n) is 24.2. The molecule has 1 unspecified atom stereocenters. The monoisotopic (exact) mass is 564 g/mol. The molecule has 4 heterocycles. The highest BCUT2D eigenvalue weighted by Gasteiger charge is 2.33. The molecule has 0 radical (unpaired) electrons. The number of benzene rings is 1. The smallest absolute Gasteiger partial charge is 0.410 e. The van der Waals surface area contributed by atoms with Gasteiger partial charge >= 0.3 is 6.09 Å². The maximum Gasteiger partial charge on any atom is 0.410 e. The van der Waals surface area contributed by atoms with E-state index in [0.717, 1.165) is 87.6 Å². The Morgan fingerprint density at radius 3 is 2.44 bits per heavy atom. The fourth-order valence-electron chi connectivity index (χ4n) is 7.31. The van der Waals surface area contributed by atoms with Crippen LogP contribution in [0.4, 0.5) is 4.79 Å². The summed E-state index contributed by atoms with van der Waals surface area (Å²) in [6, 6.07) is 6.79. The normalized spacial score (nSPS) is 27.3. The second-order valence-corrected chi connectivity index (χ2v) is 12.7. The summed E-state index contributed by atoms with van der Waals surface area (Å²) in [5.41, 5.74) is 9.12. The Bertz CT molecular complexity index is 1270. The Kier molecular flexibility index (Phi) is 8.30. The van der Waals surface area contributed by atoms with E-state index in [1.165, 1.54) is 5.56 Å². The van der Waals surface area contributed by atoms with Gasteiger partial charge in [-0.25, -0.2) is 4.79 Å². The summed E-state index contributed by atoms with van der Waals surface area (Å²) in [6.07, 6.45) is 8.93. The van der Waals surface area contributed by atoms with Crippen LogP contribution < -0.4 is 11.1 Å². The van der Waals surface area contributed by atoms with Crippen molar-refractivity contribution in [2.45, 2.75) is 88.2 Å². The lowest BCUT2D eigenvalue weighted by Gasteiger charge is -2.37. The van der Waals surface area contributed by atoms with Crippen LogP contribution in [0.1, 0.15) is 87.3 Å². The Labute approximate surface area is 241 Å². The highest BCUT2D eigenvalue weighted by molar-refractivity contribution is 6.02. The largest absolute Gasteiger partial charge is 0.446 e. The number of fused-ring (bicyclic) bond motifs is 1. The molecule has 3 amide bonds. The molecule has 2 aromatic rings. The van der Waals surface area contributed by atoms with Crippen LogP contribution in [0.25, 0.3) is 10.9 Å². The summed E-state index contributed by atoms with van der Waals surface area (Å²) >= 11 is 0. The molecule has 3 N–H and O–H groups in total. The number of likely N-dealkylation sites (tertiary alicyclic amines) is 2. The van der Waals surface area contributed by atoms with Crippen LogP contribution in [0.2, 0.25) is 0 Å². The highest BCUT2D eigenvalue weighted by Crippen LogP contribution is 2.35. The Balaban J connectivity index is 0.974. The van der Waals surface area contributed by atoms with E-state index in [1.807, 2.05) is 16.6 Å². The molecule has 0 bridgehead atoms. The van der Waals surface area contributed by atoms with Gasteiger partial charge in [-0.15, -0.1) is 0 Å². The lowest BCUT2D eigenvalue weighted by Crippen LogP contribution is -2.44.